The van der Waals surface area contributed by atoms with Crippen molar-refractivity contribution in [3.8, 4) is 0 Å². The van der Waals surface area contributed by atoms with Gasteiger partial charge in [-0.25, -0.2) is 9.38 Å². The summed E-state index contributed by atoms with van der Waals surface area (Å²) in [6.45, 7) is 0.260. The first kappa shape index (κ1) is 13.0. The van der Waals surface area contributed by atoms with Crippen molar-refractivity contribution in [2.75, 3.05) is 6.54 Å². The Hall–Kier alpha value is -2.01. The van der Waals surface area contributed by atoms with E-state index in [1.54, 1.807) is 18.2 Å². The smallest absolute Gasteiger partial charge is 0.132 e. The third kappa shape index (κ3) is 2.36. The molecule has 3 rings (SSSR count). The van der Waals surface area contributed by atoms with E-state index >= 15 is 0 Å². The Bertz CT molecular complexity index is 738. The average Bonchev–Trinajstić information content (AvgIpc) is 2.58. The number of halogens is 2. The first-order valence-electron chi connectivity index (χ1n) is 6.07. The molecule has 0 aliphatic carbocycles. The molecular formula is C15H11BrFN3. The lowest BCUT2D eigenvalue weighted by Crippen LogP contribution is -2.15. The Morgan fingerprint density at radius 3 is 2.70 bits per heavy atom. The second-order valence-corrected chi connectivity index (χ2v) is 5.32. The molecule has 2 aromatic carbocycles. The highest BCUT2D eigenvalue weighted by Gasteiger charge is 2.18. The molecule has 100 valence electrons. The molecule has 2 aromatic rings. The number of hydrogen-bond acceptors (Lipinski definition) is 3. The zero-order valence-corrected chi connectivity index (χ0v) is 12.1. The highest BCUT2D eigenvalue weighted by molar-refractivity contribution is 9.10. The lowest BCUT2D eigenvalue weighted by atomic mass is 10.0. The lowest BCUT2D eigenvalue weighted by molar-refractivity contribution is 0.625. The Kier molecular flexibility index (Phi) is 3.36. The van der Waals surface area contributed by atoms with Crippen molar-refractivity contribution in [2.24, 2.45) is 15.7 Å². The van der Waals surface area contributed by atoms with Crippen molar-refractivity contribution in [3.05, 3.63) is 63.9 Å². The van der Waals surface area contributed by atoms with Crippen LogP contribution in [-0.2, 0) is 0 Å². The predicted molar refractivity (Wildman–Crippen MR) is 82.3 cm³/mol. The maximum absolute atomic E-state index is 14.0. The average molecular weight is 332 g/mol. The maximum atomic E-state index is 14.0. The quantitative estimate of drug-likeness (QED) is 0.855. The van der Waals surface area contributed by atoms with Crippen molar-refractivity contribution in [1.29, 1.82) is 0 Å². The summed E-state index contributed by atoms with van der Waals surface area (Å²) in [5, 5.41) is 0. The number of benzene rings is 2. The topological polar surface area (TPSA) is 50.7 Å². The van der Waals surface area contributed by atoms with Crippen LogP contribution >= 0.6 is 15.9 Å². The summed E-state index contributed by atoms with van der Waals surface area (Å²) >= 11 is 3.42. The molecule has 5 heteroatoms. The fourth-order valence-corrected chi connectivity index (χ4v) is 2.48. The molecule has 0 amide bonds. The largest absolute Gasteiger partial charge is 0.386 e. The molecule has 0 unspecified atom stereocenters. The van der Waals surface area contributed by atoms with Gasteiger partial charge >= 0.3 is 0 Å². The fourth-order valence-electron chi connectivity index (χ4n) is 2.11. The van der Waals surface area contributed by atoms with Gasteiger partial charge in [0.1, 0.15) is 11.7 Å². The van der Waals surface area contributed by atoms with Gasteiger partial charge in [-0.05, 0) is 30.3 Å². The van der Waals surface area contributed by atoms with Crippen molar-refractivity contribution in [1.82, 2.24) is 0 Å². The summed E-state index contributed by atoms with van der Waals surface area (Å²) in [6, 6.07) is 12.2. The van der Waals surface area contributed by atoms with Gasteiger partial charge in [0.25, 0.3) is 0 Å². The van der Waals surface area contributed by atoms with Crippen molar-refractivity contribution in [3.63, 3.8) is 0 Å². The number of nitrogens with two attached hydrogens (primary N) is 1. The van der Waals surface area contributed by atoms with Crippen molar-refractivity contribution < 1.29 is 4.39 Å². The minimum absolute atomic E-state index is 0.260. The summed E-state index contributed by atoms with van der Waals surface area (Å²) in [5.41, 5.74) is 8.30. The van der Waals surface area contributed by atoms with E-state index in [1.807, 2.05) is 18.2 Å². The van der Waals surface area contributed by atoms with E-state index in [4.69, 9.17) is 5.73 Å². The molecule has 1 aliphatic rings. The van der Waals surface area contributed by atoms with Crippen molar-refractivity contribution in [2.45, 2.75) is 0 Å². The standard InChI is InChI=1S/C15H11BrFN3/c16-9-5-6-13-11(7-9)15(19-8-14(18)20-13)10-3-1-2-4-12(10)17/h1-7H,8H2,(H2,18,20). The van der Waals surface area contributed by atoms with Crippen LogP contribution in [0.25, 0.3) is 0 Å². The molecule has 0 saturated carbocycles. The molecule has 0 aromatic heterocycles. The van der Waals surface area contributed by atoms with E-state index in [2.05, 4.69) is 25.9 Å². The zero-order chi connectivity index (χ0) is 14.1. The van der Waals surface area contributed by atoms with E-state index in [9.17, 15) is 4.39 Å². The van der Waals surface area contributed by atoms with Crippen LogP contribution in [0.5, 0.6) is 0 Å². The third-order valence-corrected chi connectivity index (χ3v) is 3.50. The van der Waals surface area contributed by atoms with Gasteiger partial charge in [0.2, 0.25) is 0 Å². The second-order valence-electron chi connectivity index (χ2n) is 4.41. The highest BCUT2D eigenvalue weighted by Crippen LogP contribution is 2.28. The van der Waals surface area contributed by atoms with E-state index in [0.29, 0.717) is 22.8 Å². The van der Waals surface area contributed by atoms with Gasteiger partial charge in [-0.15, -0.1) is 0 Å². The van der Waals surface area contributed by atoms with Crippen LogP contribution in [0.2, 0.25) is 0 Å². The molecule has 2 N–H and O–H groups in total. The lowest BCUT2D eigenvalue weighted by Gasteiger charge is -2.09. The fraction of sp³-hybridized carbons (Fsp3) is 0.0667. The monoisotopic (exact) mass is 331 g/mol. The Labute approximate surface area is 124 Å². The Morgan fingerprint density at radius 1 is 1.10 bits per heavy atom. The SMILES string of the molecule is NC1=Nc2ccc(Br)cc2C(c2ccccc2F)=NC1. The van der Waals surface area contributed by atoms with Gasteiger partial charge in [0.05, 0.1) is 17.9 Å². The van der Waals surface area contributed by atoms with E-state index in [-0.39, 0.29) is 12.4 Å². The number of hydrogen-bond donors (Lipinski definition) is 1. The van der Waals surface area contributed by atoms with Gasteiger partial charge < -0.3 is 5.73 Å². The third-order valence-electron chi connectivity index (χ3n) is 3.01. The number of nitrogens with zero attached hydrogens (tertiary/aromatic N) is 2. The van der Waals surface area contributed by atoms with Crippen LogP contribution in [0.3, 0.4) is 0 Å². The summed E-state index contributed by atoms with van der Waals surface area (Å²) in [5.74, 6) is 0.109. The molecule has 1 heterocycles. The van der Waals surface area contributed by atoms with E-state index < -0.39 is 0 Å². The van der Waals surface area contributed by atoms with E-state index in [1.165, 1.54) is 6.07 Å². The molecule has 3 nitrogen and oxygen atoms in total. The predicted octanol–water partition coefficient (Wildman–Crippen LogP) is 3.43. The zero-order valence-electron chi connectivity index (χ0n) is 10.5. The van der Waals surface area contributed by atoms with Crippen LogP contribution < -0.4 is 5.73 Å². The molecule has 1 aliphatic heterocycles. The first-order valence-corrected chi connectivity index (χ1v) is 6.87. The number of rotatable bonds is 1. The Morgan fingerprint density at radius 2 is 1.90 bits per heavy atom. The maximum Gasteiger partial charge on any atom is 0.132 e. The van der Waals surface area contributed by atoms with Gasteiger partial charge in [0.15, 0.2) is 0 Å². The van der Waals surface area contributed by atoms with E-state index in [0.717, 1.165) is 10.0 Å². The number of amidine groups is 1. The molecule has 0 saturated heterocycles. The molecule has 0 fully saturated rings. The van der Waals surface area contributed by atoms with Gasteiger partial charge in [-0.2, -0.15) is 0 Å². The number of fused-ring (bicyclic) bond motifs is 1. The summed E-state index contributed by atoms with van der Waals surface area (Å²) in [6.07, 6.45) is 0. The summed E-state index contributed by atoms with van der Waals surface area (Å²) in [7, 11) is 0. The molecule has 0 radical (unpaired) electrons. The first-order chi connectivity index (χ1) is 9.65. The summed E-state index contributed by atoms with van der Waals surface area (Å²) < 4.78 is 14.9. The second kappa shape index (κ2) is 5.17. The minimum Gasteiger partial charge on any atom is -0.386 e. The molecule has 0 atom stereocenters. The van der Waals surface area contributed by atoms with Crippen LogP contribution in [-0.4, -0.2) is 18.1 Å². The van der Waals surface area contributed by atoms with Crippen LogP contribution in [0.1, 0.15) is 11.1 Å². The van der Waals surface area contributed by atoms with Crippen molar-refractivity contribution >= 4 is 33.2 Å². The van der Waals surface area contributed by atoms with Crippen LogP contribution in [0.15, 0.2) is 56.9 Å². The molecular weight excluding hydrogens is 321 g/mol. The van der Waals surface area contributed by atoms with Crippen LogP contribution in [0, 0.1) is 5.82 Å². The van der Waals surface area contributed by atoms with Gasteiger partial charge in [0, 0.05) is 15.6 Å². The van der Waals surface area contributed by atoms with Gasteiger partial charge in [-0.3, -0.25) is 4.99 Å². The van der Waals surface area contributed by atoms with Gasteiger partial charge in [-0.1, -0.05) is 28.1 Å². The minimum atomic E-state index is -0.308. The normalized spacial score (nSPS) is 14.1. The molecule has 20 heavy (non-hydrogen) atoms. The highest BCUT2D eigenvalue weighted by atomic mass is 79.9. The molecule has 0 bridgehead atoms. The summed E-state index contributed by atoms with van der Waals surface area (Å²) in [4.78, 5) is 8.74. The molecule has 0 spiro atoms. The Balaban J connectivity index is 2.24. The number of aliphatic imine (C=N–C) groups is 2. The van der Waals surface area contributed by atoms with Crippen LogP contribution in [0.4, 0.5) is 10.1 Å².